The molecule has 0 aromatic carbocycles. The Hall–Kier alpha value is -2.57. The van der Waals surface area contributed by atoms with Crippen molar-refractivity contribution in [2.24, 2.45) is 11.7 Å². The summed E-state index contributed by atoms with van der Waals surface area (Å²) in [5, 5.41) is 29.3. The van der Waals surface area contributed by atoms with Gasteiger partial charge in [-0.3, -0.25) is 29.0 Å². The lowest BCUT2D eigenvalue weighted by Crippen LogP contribution is -2.45. The van der Waals surface area contributed by atoms with E-state index in [2.05, 4.69) is 5.32 Å². The van der Waals surface area contributed by atoms with Gasteiger partial charge >= 0.3 is 17.9 Å². The maximum atomic E-state index is 12.0. The molecule has 0 aromatic heterocycles. The van der Waals surface area contributed by atoms with E-state index in [1.807, 2.05) is 0 Å². The Bertz CT molecular complexity index is 542. The van der Waals surface area contributed by atoms with Gasteiger partial charge in [0.2, 0.25) is 5.91 Å². The number of nitrogens with one attached hydrogen (secondary N) is 1. The fourth-order valence-electron chi connectivity index (χ4n) is 2.54. The topological polar surface area (TPSA) is 191 Å². The van der Waals surface area contributed by atoms with Gasteiger partial charge < -0.3 is 31.2 Å². The molecule has 12 heteroatoms. The summed E-state index contributed by atoms with van der Waals surface area (Å²) >= 11 is 0. The fraction of sp³-hybridized carbons (Fsp3) is 0.706. The number of carbonyl (C=O) groups is 5. The molecule has 0 saturated carbocycles. The number of rotatable bonds is 18. The zero-order valence-electron chi connectivity index (χ0n) is 16.3. The maximum Gasteiger partial charge on any atom is 0.317 e. The van der Waals surface area contributed by atoms with Crippen LogP contribution in [0.5, 0.6) is 0 Å². The molecule has 0 saturated heterocycles. The van der Waals surface area contributed by atoms with E-state index in [0.29, 0.717) is 25.8 Å². The third kappa shape index (κ3) is 15.1. The van der Waals surface area contributed by atoms with E-state index in [0.717, 1.165) is 11.2 Å². The van der Waals surface area contributed by atoms with Crippen molar-refractivity contribution in [1.29, 1.82) is 0 Å². The Labute approximate surface area is 168 Å². The largest absolute Gasteiger partial charge is 0.480 e. The average molecular weight is 418 g/mol. The number of nitrogens with zero attached hydrogens (tertiary/aromatic N) is 2. The molecule has 0 unspecified atom stereocenters. The van der Waals surface area contributed by atoms with Crippen LogP contribution in [0.2, 0.25) is 0 Å². The number of hydrogen-bond acceptors (Lipinski definition) is 8. The van der Waals surface area contributed by atoms with Crippen LogP contribution in [-0.2, 0) is 24.0 Å². The summed E-state index contributed by atoms with van der Waals surface area (Å²) in [5.41, 5.74) is 5.42. The van der Waals surface area contributed by atoms with E-state index in [4.69, 9.17) is 21.1 Å². The number of carboxylic acid groups (broad SMARTS) is 3. The normalized spacial score (nSPS) is 12.0. The predicted molar refractivity (Wildman–Crippen MR) is 101 cm³/mol. The summed E-state index contributed by atoms with van der Waals surface area (Å²) < 4.78 is 0. The number of hydrogen-bond donors (Lipinski definition) is 5. The first-order valence-corrected chi connectivity index (χ1v) is 9.20. The quantitative estimate of drug-likeness (QED) is 0.121. The molecular weight excluding hydrogens is 388 g/mol. The van der Waals surface area contributed by atoms with Gasteiger partial charge in [0, 0.05) is 32.1 Å². The van der Waals surface area contributed by atoms with Crippen molar-refractivity contribution in [2.75, 3.05) is 52.4 Å². The summed E-state index contributed by atoms with van der Waals surface area (Å²) in [6.45, 7) is -1.06. The van der Waals surface area contributed by atoms with Crippen molar-refractivity contribution in [3.8, 4) is 0 Å². The number of amides is 1. The Morgan fingerprint density at radius 3 is 1.76 bits per heavy atom. The minimum absolute atomic E-state index is 0.0117. The van der Waals surface area contributed by atoms with E-state index in [9.17, 15) is 24.0 Å². The van der Waals surface area contributed by atoms with E-state index in [1.54, 1.807) is 0 Å². The van der Waals surface area contributed by atoms with E-state index in [1.165, 1.54) is 4.90 Å². The molecule has 0 bridgehead atoms. The van der Waals surface area contributed by atoms with Crippen molar-refractivity contribution >= 4 is 30.1 Å². The van der Waals surface area contributed by atoms with Crippen LogP contribution in [-0.4, -0.2) is 108 Å². The second kappa shape index (κ2) is 15.4. The molecule has 0 aliphatic carbocycles. The molecular formula is C17H30N4O8. The van der Waals surface area contributed by atoms with Gasteiger partial charge in [0.25, 0.3) is 0 Å². The first-order chi connectivity index (χ1) is 13.7. The van der Waals surface area contributed by atoms with Crippen LogP contribution in [0.4, 0.5) is 0 Å². The highest BCUT2D eigenvalue weighted by Crippen LogP contribution is 2.03. The molecule has 0 aliphatic rings. The van der Waals surface area contributed by atoms with Crippen LogP contribution in [0, 0.1) is 5.92 Å². The Morgan fingerprint density at radius 2 is 1.34 bits per heavy atom. The van der Waals surface area contributed by atoms with Crippen molar-refractivity contribution in [1.82, 2.24) is 15.1 Å². The fourth-order valence-corrected chi connectivity index (χ4v) is 2.54. The van der Waals surface area contributed by atoms with Gasteiger partial charge in [0.15, 0.2) is 0 Å². The third-order valence-corrected chi connectivity index (χ3v) is 4.00. The summed E-state index contributed by atoms with van der Waals surface area (Å²) in [6.07, 6.45) is 2.78. The molecule has 29 heavy (non-hydrogen) atoms. The Kier molecular flexibility index (Phi) is 14.0. The second-order valence-electron chi connectivity index (χ2n) is 6.58. The number of nitrogens with two attached hydrogens (primary N) is 1. The highest BCUT2D eigenvalue weighted by molar-refractivity contribution is 5.79. The number of carbonyl (C=O) groups excluding carboxylic acids is 2. The van der Waals surface area contributed by atoms with E-state index >= 15 is 0 Å². The van der Waals surface area contributed by atoms with Gasteiger partial charge in [0.05, 0.1) is 26.2 Å². The zero-order valence-corrected chi connectivity index (χ0v) is 16.3. The SMILES string of the molecule is NC[C@@H](C=O)CCCCNC(=O)CN(CCN(CC(=O)O)CC(=O)O)CC(=O)O. The molecule has 0 spiro atoms. The first kappa shape index (κ1) is 26.4. The van der Waals surface area contributed by atoms with Gasteiger partial charge in [-0.2, -0.15) is 0 Å². The van der Waals surface area contributed by atoms with Crippen LogP contribution < -0.4 is 11.1 Å². The van der Waals surface area contributed by atoms with Crippen LogP contribution in [0.3, 0.4) is 0 Å². The van der Waals surface area contributed by atoms with Crippen molar-refractivity contribution in [3.63, 3.8) is 0 Å². The van der Waals surface area contributed by atoms with Crippen LogP contribution in [0.1, 0.15) is 19.3 Å². The summed E-state index contributed by atoms with van der Waals surface area (Å²) in [6, 6.07) is 0. The van der Waals surface area contributed by atoms with Crippen molar-refractivity contribution < 1.29 is 39.3 Å². The highest BCUT2D eigenvalue weighted by atomic mass is 16.4. The van der Waals surface area contributed by atoms with Crippen LogP contribution >= 0.6 is 0 Å². The molecule has 0 aliphatic heterocycles. The van der Waals surface area contributed by atoms with E-state index in [-0.39, 0.29) is 32.1 Å². The molecule has 0 rings (SSSR count). The number of aldehydes is 1. The number of carboxylic acids is 3. The van der Waals surface area contributed by atoms with Gasteiger partial charge in [-0.05, 0) is 12.8 Å². The second-order valence-corrected chi connectivity index (χ2v) is 6.58. The monoisotopic (exact) mass is 418 g/mol. The number of unbranched alkanes of at least 4 members (excludes halogenated alkanes) is 1. The van der Waals surface area contributed by atoms with Crippen molar-refractivity contribution in [2.45, 2.75) is 19.3 Å². The predicted octanol–water partition coefficient (Wildman–Crippen LogP) is -2.10. The molecule has 1 atom stereocenters. The third-order valence-electron chi connectivity index (χ3n) is 4.00. The Balaban J connectivity index is 4.45. The lowest BCUT2D eigenvalue weighted by Gasteiger charge is -2.24. The maximum absolute atomic E-state index is 12.0. The van der Waals surface area contributed by atoms with Gasteiger partial charge in [-0.1, -0.05) is 6.42 Å². The average Bonchev–Trinajstić information content (AvgIpc) is 2.61. The molecule has 0 heterocycles. The zero-order chi connectivity index (χ0) is 22.2. The summed E-state index contributed by atoms with van der Waals surface area (Å²) in [4.78, 5) is 57.7. The molecule has 6 N–H and O–H groups in total. The van der Waals surface area contributed by atoms with Crippen LogP contribution in [0.25, 0.3) is 0 Å². The smallest absolute Gasteiger partial charge is 0.317 e. The summed E-state index contributed by atoms with van der Waals surface area (Å²) in [5.74, 6) is -4.18. The standard InChI is InChI=1S/C17H30N4O8/c18-7-13(12-22)3-1-2-4-19-14(23)8-20(9-15(24)25)5-6-21(10-16(26)27)11-17(28)29/h12-13H,1-11,18H2,(H,19,23)(H,24,25)(H,26,27)(H,28,29)/t13-/m0/s1. The van der Waals surface area contributed by atoms with Gasteiger partial charge in [0.1, 0.15) is 6.29 Å². The molecule has 1 amide bonds. The minimum Gasteiger partial charge on any atom is -0.480 e. The molecule has 0 fully saturated rings. The minimum atomic E-state index is -1.21. The first-order valence-electron chi connectivity index (χ1n) is 9.20. The van der Waals surface area contributed by atoms with Crippen LogP contribution in [0.15, 0.2) is 0 Å². The summed E-state index contributed by atoms with van der Waals surface area (Å²) in [7, 11) is 0. The lowest BCUT2D eigenvalue weighted by atomic mass is 10.0. The molecule has 166 valence electrons. The molecule has 0 radical (unpaired) electrons. The molecule has 12 nitrogen and oxygen atoms in total. The highest BCUT2D eigenvalue weighted by Gasteiger charge is 2.18. The number of aliphatic carboxylic acids is 3. The van der Waals surface area contributed by atoms with Crippen molar-refractivity contribution in [3.05, 3.63) is 0 Å². The van der Waals surface area contributed by atoms with Gasteiger partial charge in [-0.25, -0.2) is 0 Å². The Morgan fingerprint density at radius 1 is 0.862 bits per heavy atom. The lowest BCUT2D eigenvalue weighted by molar-refractivity contribution is -0.143. The van der Waals surface area contributed by atoms with Gasteiger partial charge in [-0.15, -0.1) is 0 Å². The van der Waals surface area contributed by atoms with E-state index < -0.39 is 43.4 Å². The molecule has 0 aromatic rings.